The van der Waals surface area contributed by atoms with E-state index >= 15 is 0 Å². The van der Waals surface area contributed by atoms with Gasteiger partial charge in [0.15, 0.2) is 5.65 Å². The zero-order valence-corrected chi connectivity index (χ0v) is 19.0. The van der Waals surface area contributed by atoms with Crippen molar-refractivity contribution in [1.29, 1.82) is 0 Å². The second-order valence-electron chi connectivity index (χ2n) is 8.36. The van der Waals surface area contributed by atoms with Crippen LogP contribution in [-0.4, -0.2) is 66.4 Å². The second kappa shape index (κ2) is 7.42. The van der Waals surface area contributed by atoms with E-state index in [2.05, 4.69) is 32.1 Å². The summed E-state index contributed by atoms with van der Waals surface area (Å²) >= 11 is 0. The van der Waals surface area contributed by atoms with E-state index < -0.39 is 15.4 Å². The summed E-state index contributed by atoms with van der Waals surface area (Å²) in [5, 5.41) is 6.99. The molecule has 1 N–H and O–H groups in total. The predicted molar refractivity (Wildman–Crippen MR) is 122 cm³/mol. The number of fused-ring (bicyclic) bond motifs is 3. The van der Waals surface area contributed by atoms with E-state index in [1.165, 1.54) is 4.52 Å². The van der Waals surface area contributed by atoms with Crippen LogP contribution in [0.2, 0.25) is 0 Å². The van der Waals surface area contributed by atoms with Gasteiger partial charge < -0.3 is 9.80 Å². The standard InChI is InChI=1S/C22H24N6O3S/c1-14-4-7-19(15(2)12-14)32(30,31)22-20-23-21(29)17-6-5-16(13-18(17)28(20)25-24-22)27-10-8-26(3)9-11-27/h4-7,12-13,25H,8-11H2,1-3H3. The first-order valence-electron chi connectivity index (χ1n) is 10.4. The Morgan fingerprint density at radius 2 is 1.75 bits per heavy atom. The fraction of sp³-hybridized carbons (Fsp3) is 0.318. The molecule has 1 aliphatic heterocycles. The first-order chi connectivity index (χ1) is 15.3. The molecule has 0 unspecified atom stereocenters. The second-order valence-corrected chi connectivity index (χ2v) is 10.2. The number of hydrogen-bond acceptors (Lipinski definition) is 7. The fourth-order valence-corrected chi connectivity index (χ4v) is 5.72. The van der Waals surface area contributed by atoms with Crippen molar-refractivity contribution in [1.82, 2.24) is 24.7 Å². The molecule has 1 fully saturated rings. The Kier molecular flexibility index (Phi) is 4.79. The van der Waals surface area contributed by atoms with Crippen molar-refractivity contribution in [2.24, 2.45) is 0 Å². The number of aromatic amines is 1. The molecule has 1 aliphatic rings. The molecule has 0 radical (unpaired) electrons. The minimum Gasteiger partial charge on any atom is -0.369 e. The molecule has 0 aliphatic carbocycles. The smallest absolute Gasteiger partial charge is 0.281 e. The number of benzene rings is 2. The summed E-state index contributed by atoms with van der Waals surface area (Å²) in [7, 11) is -1.88. The summed E-state index contributed by atoms with van der Waals surface area (Å²) in [4.78, 5) is 21.5. The van der Waals surface area contributed by atoms with E-state index in [-0.39, 0.29) is 15.6 Å². The van der Waals surface area contributed by atoms with E-state index in [1.54, 1.807) is 31.2 Å². The number of aromatic nitrogens is 4. The molecule has 0 saturated carbocycles. The first-order valence-corrected chi connectivity index (χ1v) is 11.9. The van der Waals surface area contributed by atoms with E-state index in [1.807, 2.05) is 19.1 Å². The van der Waals surface area contributed by atoms with Gasteiger partial charge in [0.25, 0.3) is 5.56 Å². The van der Waals surface area contributed by atoms with Crippen molar-refractivity contribution >= 4 is 32.1 Å². The molecule has 4 aromatic rings. The van der Waals surface area contributed by atoms with Gasteiger partial charge in [0.1, 0.15) is 0 Å². The molecule has 0 bridgehead atoms. The third kappa shape index (κ3) is 3.26. The molecule has 2 aromatic heterocycles. The maximum absolute atomic E-state index is 13.4. The van der Waals surface area contributed by atoms with Gasteiger partial charge in [-0.15, -0.1) is 5.10 Å². The number of piperazine rings is 1. The summed E-state index contributed by atoms with van der Waals surface area (Å²) in [6, 6.07) is 10.7. The number of aryl methyl sites for hydroxylation is 2. The third-order valence-corrected chi connectivity index (χ3v) is 7.88. The summed E-state index contributed by atoms with van der Waals surface area (Å²) in [6.45, 7) is 7.30. The Morgan fingerprint density at radius 1 is 1.00 bits per heavy atom. The lowest BCUT2D eigenvalue weighted by atomic mass is 10.2. The number of H-pyrrole nitrogens is 1. The van der Waals surface area contributed by atoms with Gasteiger partial charge in [-0.1, -0.05) is 17.7 Å². The summed E-state index contributed by atoms with van der Waals surface area (Å²) < 4.78 is 28.2. The van der Waals surface area contributed by atoms with Crippen LogP contribution in [0.5, 0.6) is 0 Å². The number of nitrogens with zero attached hydrogens (tertiary/aromatic N) is 5. The van der Waals surface area contributed by atoms with Gasteiger partial charge in [0.05, 0.1) is 15.8 Å². The van der Waals surface area contributed by atoms with Crippen molar-refractivity contribution in [3.05, 3.63) is 57.9 Å². The van der Waals surface area contributed by atoms with Gasteiger partial charge in [-0.05, 0) is 50.7 Å². The SMILES string of the molecule is Cc1ccc(S(=O)(=O)c2n[nH]n3c2nc(=O)c2ccc(N4CCN(C)CC4)cc23)c(C)c1. The number of nitrogens with one attached hydrogen (secondary N) is 1. The third-order valence-electron chi connectivity index (χ3n) is 6.06. The molecule has 1 saturated heterocycles. The van der Waals surface area contributed by atoms with Crippen LogP contribution in [-0.2, 0) is 9.84 Å². The zero-order valence-electron chi connectivity index (χ0n) is 18.2. The maximum Gasteiger partial charge on any atom is 0.281 e. The Labute approximate surface area is 185 Å². The van der Waals surface area contributed by atoms with Crippen LogP contribution >= 0.6 is 0 Å². The van der Waals surface area contributed by atoms with Crippen molar-refractivity contribution in [2.75, 3.05) is 38.1 Å². The Morgan fingerprint density at radius 3 is 2.47 bits per heavy atom. The highest BCUT2D eigenvalue weighted by atomic mass is 32.2. The molecule has 0 spiro atoms. The van der Waals surface area contributed by atoms with Crippen molar-refractivity contribution < 1.29 is 8.42 Å². The van der Waals surface area contributed by atoms with Gasteiger partial charge in [-0.2, -0.15) is 4.98 Å². The number of sulfone groups is 1. The van der Waals surface area contributed by atoms with E-state index in [4.69, 9.17) is 0 Å². The molecule has 166 valence electrons. The lowest BCUT2D eigenvalue weighted by Crippen LogP contribution is -2.44. The zero-order chi connectivity index (χ0) is 22.6. The molecule has 2 aromatic carbocycles. The van der Waals surface area contributed by atoms with Crippen LogP contribution in [0.25, 0.3) is 16.6 Å². The summed E-state index contributed by atoms with van der Waals surface area (Å²) in [5.74, 6) is 0. The minimum absolute atomic E-state index is 0.00185. The molecule has 9 nitrogen and oxygen atoms in total. The summed E-state index contributed by atoms with van der Waals surface area (Å²) in [6.07, 6.45) is 0. The normalized spacial score (nSPS) is 15.7. The molecule has 32 heavy (non-hydrogen) atoms. The molecule has 0 amide bonds. The lowest BCUT2D eigenvalue weighted by Gasteiger charge is -2.34. The number of rotatable bonds is 3. The van der Waals surface area contributed by atoms with Crippen LogP contribution in [0.4, 0.5) is 5.69 Å². The van der Waals surface area contributed by atoms with Crippen LogP contribution in [0.15, 0.2) is 51.1 Å². The maximum atomic E-state index is 13.4. The number of hydrogen-bond donors (Lipinski definition) is 1. The molecular formula is C22H24N6O3S. The predicted octanol–water partition coefficient (Wildman–Crippen LogP) is 1.77. The molecule has 5 rings (SSSR count). The fourth-order valence-electron chi connectivity index (χ4n) is 4.24. The van der Waals surface area contributed by atoms with Crippen LogP contribution in [0.1, 0.15) is 11.1 Å². The first kappa shape index (κ1) is 20.7. The topological polar surface area (TPSA) is 104 Å². The highest BCUT2D eigenvalue weighted by Crippen LogP contribution is 2.27. The van der Waals surface area contributed by atoms with Crippen molar-refractivity contribution in [2.45, 2.75) is 23.8 Å². The van der Waals surface area contributed by atoms with Crippen LogP contribution < -0.4 is 10.5 Å². The van der Waals surface area contributed by atoms with Crippen LogP contribution in [0, 0.1) is 13.8 Å². The average molecular weight is 453 g/mol. The largest absolute Gasteiger partial charge is 0.369 e. The highest BCUT2D eigenvalue weighted by Gasteiger charge is 2.28. The van der Waals surface area contributed by atoms with Gasteiger partial charge >= 0.3 is 0 Å². The van der Waals surface area contributed by atoms with Gasteiger partial charge in [0, 0.05) is 31.9 Å². The summed E-state index contributed by atoms with van der Waals surface area (Å²) in [5.41, 5.74) is 2.61. The van der Waals surface area contributed by atoms with Gasteiger partial charge in [0.2, 0.25) is 14.9 Å². The molecular weight excluding hydrogens is 428 g/mol. The van der Waals surface area contributed by atoms with E-state index in [0.29, 0.717) is 16.5 Å². The molecule has 0 atom stereocenters. The molecule has 3 heterocycles. The van der Waals surface area contributed by atoms with Crippen LogP contribution in [0.3, 0.4) is 0 Å². The van der Waals surface area contributed by atoms with Crippen molar-refractivity contribution in [3.8, 4) is 0 Å². The van der Waals surface area contributed by atoms with Crippen molar-refractivity contribution in [3.63, 3.8) is 0 Å². The minimum atomic E-state index is -3.97. The quantitative estimate of drug-likeness (QED) is 0.505. The number of likely N-dealkylation sites (N-methyl/N-ethyl adjacent to an activating group) is 1. The van der Waals surface area contributed by atoms with Gasteiger partial charge in [-0.3, -0.25) is 4.79 Å². The van der Waals surface area contributed by atoms with Gasteiger partial charge in [-0.25, -0.2) is 18.1 Å². The van der Waals surface area contributed by atoms with E-state index in [9.17, 15) is 13.2 Å². The monoisotopic (exact) mass is 452 g/mol. The highest BCUT2D eigenvalue weighted by molar-refractivity contribution is 7.91. The molecule has 10 heteroatoms. The number of anilines is 1. The Balaban J connectivity index is 1.68. The van der Waals surface area contributed by atoms with E-state index in [0.717, 1.165) is 37.4 Å². The lowest BCUT2D eigenvalue weighted by molar-refractivity contribution is 0.313. The average Bonchev–Trinajstić information content (AvgIpc) is 3.18. The Hall–Kier alpha value is -3.24. The Bertz CT molecular complexity index is 1510.